The summed E-state index contributed by atoms with van der Waals surface area (Å²) in [5.74, 6) is 0. The second kappa shape index (κ2) is 6.55. The lowest BCUT2D eigenvalue weighted by Crippen LogP contribution is -2.41. The van der Waals surface area contributed by atoms with Crippen LogP contribution in [0.5, 0.6) is 0 Å². The van der Waals surface area contributed by atoms with Gasteiger partial charge in [-0.15, -0.1) is 0 Å². The number of ether oxygens (including phenoxy) is 1. The van der Waals surface area contributed by atoms with Gasteiger partial charge in [0.25, 0.3) is 0 Å². The Morgan fingerprint density at radius 2 is 2.31 bits per heavy atom. The molecular formula is C12H26N2O2. The van der Waals surface area contributed by atoms with Crippen molar-refractivity contribution in [2.24, 2.45) is 5.73 Å². The van der Waals surface area contributed by atoms with Gasteiger partial charge in [-0.3, -0.25) is 0 Å². The van der Waals surface area contributed by atoms with Crippen LogP contribution < -0.4 is 5.73 Å². The van der Waals surface area contributed by atoms with Crippen LogP contribution in [0.3, 0.4) is 0 Å². The summed E-state index contributed by atoms with van der Waals surface area (Å²) in [5, 5.41) is 9.06. The average Bonchev–Trinajstić information content (AvgIpc) is 2.43. The number of nitrogens with two attached hydrogens (primary N) is 1. The number of hydrogen-bond acceptors (Lipinski definition) is 4. The molecule has 1 aliphatic heterocycles. The minimum absolute atomic E-state index is 0.0620. The van der Waals surface area contributed by atoms with Crippen molar-refractivity contribution in [2.45, 2.75) is 44.8 Å². The zero-order chi connectivity index (χ0) is 12.0. The van der Waals surface area contributed by atoms with Gasteiger partial charge in [-0.1, -0.05) is 0 Å². The van der Waals surface area contributed by atoms with Crippen LogP contribution in [-0.4, -0.2) is 54.5 Å². The zero-order valence-corrected chi connectivity index (χ0v) is 10.6. The lowest BCUT2D eigenvalue weighted by molar-refractivity contribution is 0.0671. The van der Waals surface area contributed by atoms with Crippen LogP contribution in [0, 0.1) is 0 Å². The van der Waals surface area contributed by atoms with Crippen molar-refractivity contribution in [3.8, 4) is 0 Å². The number of hydrogen-bond donors (Lipinski definition) is 2. The summed E-state index contributed by atoms with van der Waals surface area (Å²) in [4.78, 5) is 2.44. The molecule has 4 nitrogen and oxygen atoms in total. The fourth-order valence-corrected chi connectivity index (χ4v) is 2.07. The highest BCUT2D eigenvalue weighted by Crippen LogP contribution is 2.11. The molecular weight excluding hydrogens is 204 g/mol. The summed E-state index contributed by atoms with van der Waals surface area (Å²) in [5.41, 5.74) is 5.47. The maximum Gasteiger partial charge on any atom is 0.0673 e. The van der Waals surface area contributed by atoms with Crippen molar-refractivity contribution in [3.05, 3.63) is 0 Å². The molecule has 1 aliphatic rings. The van der Waals surface area contributed by atoms with Gasteiger partial charge in [0.1, 0.15) is 0 Å². The van der Waals surface area contributed by atoms with E-state index >= 15 is 0 Å². The summed E-state index contributed by atoms with van der Waals surface area (Å²) in [6.07, 6.45) is 3.37. The van der Waals surface area contributed by atoms with E-state index in [2.05, 4.69) is 11.8 Å². The first-order valence-electron chi connectivity index (χ1n) is 6.27. The molecule has 0 aromatic carbocycles. The molecule has 3 N–H and O–H groups in total. The standard InChI is InChI=1S/C12H26N2O2/c1-11-9-14(7-4-8-16-11)6-3-5-12(2,13)10-15/h11,15H,3-10,13H2,1-2H3. The van der Waals surface area contributed by atoms with Gasteiger partial charge in [0, 0.05) is 25.2 Å². The molecule has 0 bridgehead atoms. The fourth-order valence-electron chi connectivity index (χ4n) is 2.07. The molecule has 1 heterocycles. The Morgan fingerprint density at radius 1 is 1.56 bits per heavy atom. The van der Waals surface area contributed by atoms with Gasteiger partial charge in [0.2, 0.25) is 0 Å². The predicted molar refractivity (Wildman–Crippen MR) is 65.4 cm³/mol. The third-order valence-corrected chi connectivity index (χ3v) is 3.12. The van der Waals surface area contributed by atoms with E-state index in [1.54, 1.807) is 0 Å². The molecule has 0 saturated carbocycles. The smallest absolute Gasteiger partial charge is 0.0673 e. The first-order valence-corrected chi connectivity index (χ1v) is 6.27. The molecule has 1 saturated heterocycles. The summed E-state index contributed by atoms with van der Waals surface area (Å²) in [7, 11) is 0. The third kappa shape index (κ3) is 5.25. The van der Waals surface area contributed by atoms with E-state index < -0.39 is 5.54 Å². The molecule has 96 valence electrons. The number of rotatable bonds is 5. The van der Waals surface area contributed by atoms with E-state index in [0.717, 1.165) is 45.5 Å². The van der Waals surface area contributed by atoms with Gasteiger partial charge >= 0.3 is 0 Å². The monoisotopic (exact) mass is 230 g/mol. The molecule has 0 aliphatic carbocycles. The minimum Gasteiger partial charge on any atom is -0.394 e. The summed E-state index contributed by atoms with van der Waals surface area (Å²) >= 11 is 0. The van der Waals surface area contributed by atoms with E-state index in [9.17, 15) is 0 Å². The Labute approximate surface area is 98.8 Å². The largest absolute Gasteiger partial charge is 0.394 e. The lowest BCUT2D eigenvalue weighted by atomic mass is 9.98. The van der Waals surface area contributed by atoms with Gasteiger partial charge in [0.15, 0.2) is 0 Å². The van der Waals surface area contributed by atoms with Gasteiger partial charge in [0.05, 0.1) is 12.7 Å². The molecule has 0 aromatic heterocycles. The fraction of sp³-hybridized carbons (Fsp3) is 1.00. The Kier molecular flexibility index (Phi) is 5.69. The maximum atomic E-state index is 9.06. The van der Waals surface area contributed by atoms with Crippen molar-refractivity contribution < 1.29 is 9.84 Å². The van der Waals surface area contributed by atoms with Crippen molar-refractivity contribution in [2.75, 3.05) is 32.8 Å². The Morgan fingerprint density at radius 3 is 3.00 bits per heavy atom. The van der Waals surface area contributed by atoms with Crippen LogP contribution in [0.1, 0.15) is 33.1 Å². The van der Waals surface area contributed by atoms with E-state index in [1.165, 1.54) is 0 Å². The highest BCUT2D eigenvalue weighted by Gasteiger charge is 2.18. The topological polar surface area (TPSA) is 58.7 Å². The van der Waals surface area contributed by atoms with Gasteiger partial charge < -0.3 is 20.5 Å². The molecule has 2 unspecified atom stereocenters. The van der Waals surface area contributed by atoms with E-state index in [-0.39, 0.29) is 6.61 Å². The molecule has 1 fully saturated rings. The Balaban J connectivity index is 2.21. The lowest BCUT2D eigenvalue weighted by Gasteiger charge is -2.25. The molecule has 0 spiro atoms. The summed E-state index contributed by atoms with van der Waals surface area (Å²) < 4.78 is 5.60. The second-order valence-electron chi connectivity index (χ2n) is 5.25. The normalized spacial score (nSPS) is 27.4. The van der Waals surface area contributed by atoms with Crippen molar-refractivity contribution in [3.63, 3.8) is 0 Å². The van der Waals surface area contributed by atoms with Crippen LogP contribution in [-0.2, 0) is 4.74 Å². The van der Waals surface area contributed by atoms with Gasteiger partial charge in [-0.25, -0.2) is 0 Å². The first kappa shape index (κ1) is 13.9. The van der Waals surface area contributed by atoms with Crippen molar-refractivity contribution >= 4 is 0 Å². The predicted octanol–water partition coefficient (Wildman–Crippen LogP) is 0.587. The highest BCUT2D eigenvalue weighted by atomic mass is 16.5. The quantitative estimate of drug-likeness (QED) is 0.725. The average molecular weight is 230 g/mol. The van der Waals surface area contributed by atoms with E-state index in [1.807, 2.05) is 6.92 Å². The van der Waals surface area contributed by atoms with E-state index in [0.29, 0.717) is 6.10 Å². The molecule has 16 heavy (non-hydrogen) atoms. The van der Waals surface area contributed by atoms with Crippen LogP contribution in [0.2, 0.25) is 0 Å². The third-order valence-electron chi connectivity index (χ3n) is 3.12. The second-order valence-corrected chi connectivity index (χ2v) is 5.25. The van der Waals surface area contributed by atoms with Gasteiger partial charge in [-0.2, -0.15) is 0 Å². The molecule has 2 atom stereocenters. The maximum absolute atomic E-state index is 9.06. The Hall–Kier alpha value is -0.160. The zero-order valence-electron chi connectivity index (χ0n) is 10.6. The Bertz CT molecular complexity index is 197. The summed E-state index contributed by atoms with van der Waals surface area (Å²) in [6.45, 7) is 8.15. The molecule has 1 rings (SSSR count). The van der Waals surface area contributed by atoms with Crippen LogP contribution in [0.15, 0.2) is 0 Å². The van der Waals surface area contributed by atoms with Crippen molar-refractivity contribution in [1.29, 1.82) is 0 Å². The van der Waals surface area contributed by atoms with Gasteiger partial charge in [-0.05, 0) is 39.7 Å². The van der Waals surface area contributed by atoms with Crippen LogP contribution >= 0.6 is 0 Å². The summed E-state index contributed by atoms with van der Waals surface area (Å²) in [6, 6.07) is 0. The first-order chi connectivity index (χ1) is 7.53. The minimum atomic E-state index is -0.423. The van der Waals surface area contributed by atoms with Crippen molar-refractivity contribution in [1.82, 2.24) is 4.90 Å². The SMILES string of the molecule is CC1CN(CCCC(C)(N)CO)CCCO1. The highest BCUT2D eigenvalue weighted by molar-refractivity contribution is 4.78. The van der Waals surface area contributed by atoms with E-state index in [4.69, 9.17) is 15.6 Å². The molecule has 4 heteroatoms. The number of aliphatic hydroxyl groups is 1. The number of aliphatic hydroxyl groups excluding tert-OH is 1. The molecule has 0 radical (unpaired) electrons. The molecule has 0 amide bonds. The number of nitrogens with zero attached hydrogens (tertiary/aromatic N) is 1. The van der Waals surface area contributed by atoms with Crippen LogP contribution in [0.4, 0.5) is 0 Å². The molecule has 0 aromatic rings. The van der Waals surface area contributed by atoms with Crippen LogP contribution in [0.25, 0.3) is 0 Å².